The molecule has 104 valence electrons. The van der Waals surface area contributed by atoms with Gasteiger partial charge in [-0.3, -0.25) is 4.98 Å². The number of carboxylic acid groups (broad SMARTS) is 1. The topological polar surface area (TPSA) is 50.2 Å². The summed E-state index contributed by atoms with van der Waals surface area (Å²) >= 11 is 6.21. The van der Waals surface area contributed by atoms with E-state index in [9.17, 15) is 9.90 Å². The Morgan fingerprint density at radius 3 is 2.62 bits per heavy atom. The van der Waals surface area contributed by atoms with Gasteiger partial charge in [0, 0.05) is 21.7 Å². The van der Waals surface area contributed by atoms with E-state index in [4.69, 9.17) is 11.6 Å². The van der Waals surface area contributed by atoms with Crippen LogP contribution in [0.15, 0.2) is 48.5 Å². The van der Waals surface area contributed by atoms with Crippen molar-refractivity contribution in [1.82, 2.24) is 4.98 Å². The number of carbonyl (C=O) groups is 1. The molecule has 3 aromatic rings. The predicted octanol–water partition coefficient (Wildman–Crippen LogP) is 4.56. The van der Waals surface area contributed by atoms with Gasteiger partial charge in [-0.05, 0) is 36.8 Å². The summed E-state index contributed by atoms with van der Waals surface area (Å²) in [6, 6.07) is 14.6. The number of halogens is 1. The summed E-state index contributed by atoms with van der Waals surface area (Å²) in [5, 5.41) is 10.6. The molecule has 0 bridgehead atoms. The van der Waals surface area contributed by atoms with Gasteiger partial charge in [0.25, 0.3) is 0 Å². The molecule has 21 heavy (non-hydrogen) atoms. The average Bonchev–Trinajstić information content (AvgIpc) is 2.46. The smallest absolute Gasteiger partial charge is 0.336 e. The van der Waals surface area contributed by atoms with Crippen LogP contribution in [0.2, 0.25) is 5.02 Å². The lowest BCUT2D eigenvalue weighted by molar-refractivity contribution is 0.0699. The number of hydrogen-bond donors (Lipinski definition) is 1. The Bertz CT molecular complexity index is 859. The van der Waals surface area contributed by atoms with Crippen molar-refractivity contribution >= 4 is 28.5 Å². The van der Waals surface area contributed by atoms with Crippen molar-refractivity contribution in [2.75, 3.05) is 0 Å². The van der Waals surface area contributed by atoms with Gasteiger partial charge < -0.3 is 5.11 Å². The Balaban J connectivity index is 2.29. The first-order valence-corrected chi connectivity index (χ1v) is 6.83. The van der Waals surface area contributed by atoms with E-state index in [0.29, 0.717) is 21.6 Å². The number of rotatable bonds is 2. The van der Waals surface area contributed by atoms with Crippen molar-refractivity contribution in [2.45, 2.75) is 6.92 Å². The molecule has 0 amide bonds. The van der Waals surface area contributed by atoms with Crippen LogP contribution in [-0.2, 0) is 0 Å². The number of aromatic carboxylic acids is 1. The van der Waals surface area contributed by atoms with Crippen molar-refractivity contribution in [2.24, 2.45) is 0 Å². The quantitative estimate of drug-likeness (QED) is 0.754. The molecule has 0 aliphatic rings. The van der Waals surface area contributed by atoms with Crippen molar-refractivity contribution in [3.05, 3.63) is 64.8 Å². The van der Waals surface area contributed by atoms with E-state index < -0.39 is 5.97 Å². The van der Waals surface area contributed by atoms with E-state index in [1.165, 1.54) is 0 Å². The number of pyridine rings is 1. The number of hydrogen-bond acceptors (Lipinski definition) is 2. The molecule has 0 saturated carbocycles. The number of fused-ring (bicyclic) bond motifs is 1. The van der Waals surface area contributed by atoms with Crippen LogP contribution in [0.25, 0.3) is 22.0 Å². The predicted molar refractivity (Wildman–Crippen MR) is 83.9 cm³/mol. The molecule has 1 heterocycles. The summed E-state index contributed by atoms with van der Waals surface area (Å²) in [4.78, 5) is 15.8. The maximum Gasteiger partial charge on any atom is 0.336 e. The second-order valence-electron chi connectivity index (χ2n) is 4.83. The van der Waals surface area contributed by atoms with Crippen LogP contribution in [0.4, 0.5) is 0 Å². The van der Waals surface area contributed by atoms with Gasteiger partial charge in [-0.15, -0.1) is 0 Å². The van der Waals surface area contributed by atoms with Gasteiger partial charge in [0.15, 0.2) is 0 Å². The zero-order chi connectivity index (χ0) is 15.0. The Morgan fingerprint density at radius 1 is 1.14 bits per heavy atom. The molecule has 2 aromatic carbocycles. The van der Waals surface area contributed by atoms with Crippen LogP contribution in [-0.4, -0.2) is 16.1 Å². The second-order valence-corrected chi connectivity index (χ2v) is 5.24. The lowest BCUT2D eigenvalue weighted by Crippen LogP contribution is -2.00. The van der Waals surface area contributed by atoms with Crippen LogP contribution in [0.3, 0.4) is 0 Å². The minimum absolute atomic E-state index is 0.256. The third kappa shape index (κ3) is 2.48. The maximum absolute atomic E-state index is 11.4. The van der Waals surface area contributed by atoms with E-state index in [1.54, 1.807) is 13.0 Å². The first-order chi connectivity index (χ1) is 10.1. The van der Waals surface area contributed by atoms with Crippen molar-refractivity contribution in [3.8, 4) is 11.1 Å². The molecule has 0 radical (unpaired) electrons. The summed E-state index contributed by atoms with van der Waals surface area (Å²) in [6.07, 6.45) is 0. The molecular formula is C17H12ClNO2. The van der Waals surface area contributed by atoms with E-state index >= 15 is 0 Å². The molecule has 0 spiro atoms. The summed E-state index contributed by atoms with van der Waals surface area (Å²) in [5.41, 5.74) is 3.36. The maximum atomic E-state index is 11.4. The molecule has 4 heteroatoms. The van der Waals surface area contributed by atoms with Gasteiger partial charge in [-0.1, -0.05) is 35.9 Å². The molecule has 3 rings (SSSR count). The normalized spacial score (nSPS) is 10.8. The zero-order valence-corrected chi connectivity index (χ0v) is 12.1. The molecule has 3 nitrogen and oxygen atoms in total. The lowest BCUT2D eigenvalue weighted by Gasteiger charge is -2.08. The van der Waals surface area contributed by atoms with E-state index in [-0.39, 0.29) is 5.56 Å². The highest BCUT2D eigenvalue weighted by Crippen LogP contribution is 2.30. The van der Waals surface area contributed by atoms with Crippen LogP contribution < -0.4 is 0 Å². The fraction of sp³-hybridized carbons (Fsp3) is 0.0588. The Kier molecular flexibility index (Phi) is 3.35. The SMILES string of the molecule is Cc1cc(C(=O)O)c2cc(-c3ccccc3Cl)ccc2n1. The fourth-order valence-electron chi connectivity index (χ4n) is 2.40. The third-order valence-electron chi connectivity index (χ3n) is 3.35. The number of nitrogens with zero attached hydrogens (tertiary/aromatic N) is 1. The van der Waals surface area contributed by atoms with E-state index in [1.807, 2.05) is 42.5 Å². The van der Waals surface area contributed by atoms with Crippen LogP contribution in [0, 0.1) is 6.92 Å². The van der Waals surface area contributed by atoms with Gasteiger partial charge in [0.2, 0.25) is 0 Å². The summed E-state index contributed by atoms with van der Waals surface area (Å²) in [5.74, 6) is -0.957. The van der Waals surface area contributed by atoms with Crippen molar-refractivity contribution in [1.29, 1.82) is 0 Å². The largest absolute Gasteiger partial charge is 0.478 e. The highest BCUT2D eigenvalue weighted by molar-refractivity contribution is 6.33. The van der Waals surface area contributed by atoms with Gasteiger partial charge >= 0.3 is 5.97 Å². The van der Waals surface area contributed by atoms with Crippen molar-refractivity contribution < 1.29 is 9.90 Å². The summed E-state index contributed by atoms with van der Waals surface area (Å²) < 4.78 is 0. The molecule has 0 saturated heterocycles. The van der Waals surface area contributed by atoms with Crippen LogP contribution in [0.5, 0.6) is 0 Å². The molecule has 0 aliphatic carbocycles. The number of benzene rings is 2. The molecule has 0 fully saturated rings. The summed E-state index contributed by atoms with van der Waals surface area (Å²) in [7, 11) is 0. The van der Waals surface area contributed by atoms with Gasteiger partial charge in [-0.2, -0.15) is 0 Å². The number of carboxylic acids is 1. The van der Waals surface area contributed by atoms with Crippen LogP contribution in [0.1, 0.15) is 16.1 Å². The Hall–Kier alpha value is -2.39. The molecular weight excluding hydrogens is 286 g/mol. The first-order valence-electron chi connectivity index (χ1n) is 6.46. The average molecular weight is 298 g/mol. The monoisotopic (exact) mass is 297 g/mol. The number of aryl methyl sites for hydroxylation is 1. The van der Waals surface area contributed by atoms with Gasteiger partial charge in [0.1, 0.15) is 0 Å². The standard InChI is InChI=1S/C17H12ClNO2/c1-10-8-14(17(20)21)13-9-11(6-7-16(13)19-10)12-4-2-3-5-15(12)18/h2-9H,1H3,(H,20,21). The third-order valence-corrected chi connectivity index (χ3v) is 3.68. The molecule has 0 atom stereocenters. The van der Waals surface area contributed by atoms with Crippen LogP contribution >= 0.6 is 11.6 Å². The number of aromatic nitrogens is 1. The van der Waals surface area contributed by atoms with Gasteiger partial charge in [0.05, 0.1) is 11.1 Å². The fourth-order valence-corrected chi connectivity index (χ4v) is 2.64. The Morgan fingerprint density at radius 2 is 1.90 bits per heavy atom. The lowest BCUT2D eigenvalue weighted by atomic mass is 10.0. The van der Waals surface area contributed by atoms with E-state index in [2.05, 4.69) is 4.98 Å². The molecule has 0 aliphatic heterocycles. The highest BCUT2D eigenvalue weighted by atomic mass is 35.5. The van der Waals surface area contributed by atoms with Gasteiger partial charge in [-0.25, -0.2) is 4.79 Å². The summed E-state index contributed by atoms with van der Waals surface area (Å²) in [6.45, 7) is 1.79. The second kappa shape index (κ2) is 5.19. The minimum Gasteiger partial charge on any atom is -0.478 e. The first kappa shape index (κ1) is 13.6. The van der Waals surface area contributed by atoms with E-state index in [0.717, 1.165) is 11.1 Å². The highest BCUT2D eigenvalue weighted by Gasteiger charge is 2.12. The molecule has 1 aromatic heterocycles. The zero-order valence-electron chi connectivity index (χ0n) is 11.3. The molecule has 1 N–H and O–H groups in total. The minimum atomic E-state index is -0.957. The van der Waals surface area contributed by atoms with Crippen molar-refractivity contribution in [3.63, 3.8) is 0 Å². The Labute approximate surface area is 126 Å². The molecule has 0 unspecified atom stereocenters.